The number of tetrazole rings is 1. The molecule has 8 heteroatoms. The minimum absolute atomic E-state index is 0.615. The largest absolute Gasteiger partial charge is 0.486 e. The second kappa shape index (κ2) is 8.88. The molecule has 0 spiro atoms. The molecule has 2 aromatic carbocycles. The number of ether oxygens (including phenoxy) is 2. The van der Waals surface area contributed by atoms with Crippen molar-refractivity contribution in [3.05, 3.63) is 54.1 Å². The van der Waals surface area contributed by atoms with Gasteiger partial charge in [0.15, 0.2) is 11.5 Å². The van der Waals surface area contributed by atoms with Crippen LogP contribution in [-0.2, 0) is 6.54 Å². The summed E-state index contributed by atoms with van der Waals surface area (Å²) in [6.45, 7) is 2.97. The number of aromatic nitrogens is 4. The Bertz CT molecular complexity index is 872. The highest BCUT2D eigenvalue weighted by Crippen LogP contribution is 2.30. The van der Waals surface area contributed by atoms with Crippen LogP contribution in [0.25, 0.3) is 5.69 Å². The molecule has 3 aromatic rings. The van der Waals surface area contributed by atoms with Crippen molar-refractivity contribution in [3.63, 3.8) is 0 Å². The number of hydrogen-bond acceptors (Lipinski definition) is 7. The van der Waals surface area contributed by atoms with Crippen molar-refractivity contribution in [1.29, 1.82) is 0 Å². The Hall–Kier alpha value is -2.58. The predicted octanol–water partition coefficient (Wildman–Crippen LogP) is 2.71. The Morgan fingerprint density at radius 2 is 1.89 bits per heavy atom. The SMILES string of the molecule is c1ccc(-n2nnnc2SCCCNCc2ccc3c(c2)OCCO3)cc1. The third kappa shape index (κ3) is 4.58. The highest BCUT2D eigenvalue weighted by molar-refractivity contribution is 7.99. The van der Waals surface area contributed by atoms with Gasteiger partial charge in [-0.05, 0) is 53.2 Å². The Morgan fingerprint density at radius 1 is 1.04 bits per heavy atom. The summed E-state index contributed by atoms with van der Waals surface area (Å²) in [6.07, 6.45) is 1.02. The molecule has 1 aliphatic rings. The number of para-hydroxylation sites is 1. The van der Waals surface area contributed by atoms with Crippen LogP contribution in [0.5, 0.6) is 11.5 Å². The Balaban J connectivity index is 1.20. The van der Waals surface area contributed by atoms with Gasteiger partial charge < -0.3 is 14.8 Å². The lowest BCUT2D eigenvalue weighted by Gasteiger charge is -2.19. The Morgan fingerprint density at radius 3 is 2.78 bits per heavy atom. The fraction of sp³-hybridized carbons (Fsp3) is 0.316. The summed E-state index contributed by atoms with van der Waals surface area (Å²) in [7, 11) is 0. The molecule has 0 bridgehead atoms. The smallest absolute Gasteiger partial charge is 0.214 e. The van der Waals surface area contributed by atoms with Gasteiger partial charge in [-0.15, -0.1) is 5.10 Å². The molecule has 0 amide bonds. The van der Waals surface area contributed by atoms with Gasteiger partial charge in [-0.1, -0.05) is 36.0 Å². The number of thioether (sulfide) groups is 1. The van der Waals surface area contributed by atoms with Crippen LogP contribution in [0.15, 0.2) is 53.7 Å². The molecule has 1 aliphatic heterocycles. The molecule has 0 unspecified atom stereocenters. The molecule has 27 heavy (non-hydrogen) atoms. The van der Waals surface area contributed by atoms with E-state index in [2.05, 4.69) is 26.9 Å². The van der Waals surface area contributed by atoms with Crippen molar-refractivity contribution in [3.8, 4) is 17.2 Å². The number of hydrogen-bond donors (Lipinski definition) is 1. The van der Waals surface area contributed by atoms with Crippen LogP contribution in [0.2, 0.25) is 0 Å². The van der Waals surface area contributed by atoms with Crippen LogP contribution in [0.4, 0.5) is 0 Å². The lowest BCUT2D eigenvalue weighted by Crippen LogP contribution is -2.17. The second-order valence-electron chi connectivity index (χ2n) is 6.07. The first-order valence-electron chi connectivity index (χ1n) is 8.96. The van der Waals surface area contributed by atoms with Gasteiger partial charge in [0, 0.05) is 12.3 Å². The molecule has 2 heterocycles. The maximum absolute atomic E-state index is 5.62. The first-order valence-corrected chi connectivity index (χ1v) is 9.94. The summed E-state index contributed by atoms with van der Waals surface area (Å²) < 4.78 is 12.9. The highest BCUT2D eigenvalue weighted by Gasteiger charge is 2.11. The summed E-state index contributed by atoms with van der Waals surface area (Å²) in [5.41, 5.74) is 2.17. The van der Waals surface area contributed by atoms with Gasteiger partial charge in [0.1, 0.15) is 13.2 Å². The van der Waals surface area contributed by atoms with Gasteiger partial charge in [0.05, 0.1) is 5.69 Å². The Labute approximate surface area is 162 Å². The quantitative estimate of drug-likeness (QED) is 0.473. The molecule has 0 aliphatic carbocycles. The molecule has 0 saturated heterocycles. The van der Waals surface area contributed by atoms with Gasteiger partial charge in [0.2, 0.25) is 5.16 Å². The first-order chi connectivity index (χ1) is 13.4. The maximum atomic E-state index is 5.62. The predicted molar refractivity (Wildman–Crippen MR) is 104 cm³/mol. The van der Waals surface area contributed by atoms with Crippen molar-refractivity contribution in [2.75, 3.05) is 25.5 Å². The molecule has 1 aromatic heterocycles. The molecule has 0 radical (unpaired) electrons. The summed E-state index contributed by atoms with van der Waals surface area (Å²) >= 11 is 1.66. The molecule has 0 atom stereocenters. The average molecular weight is 383 g/mol. The average Bonchev–Trinajstić information content (AvgIpc) is 3.19. The van der Waals surface area contributed by atoms with Gasteiger partial charge in [-0.2, -0.15) is 4.68 Å². The van der Waals surface area contributed by atoms with E-state index in [1.807, 2.05) is 42.5 Å². The zero-order chi connectivity index (χ0) is 18.3. The summed E-state index contributed by atoms with van der Waals surface area (Å²) in [6, 6.07) is 16.0. The normalized spacial score (nSPS) is 12.9. The van der Waals surface area contributed by atoms with Crippen LogP contribution in [0.1, 0.15) is 12.0 Å². The third-order valence-electron chi connectivity index (χ3n) is 4.11. The molecule has 0 saturated carbocycles. The Kier molecular flexibility index (Phi) is 5.86. The minimum Gasteiger partial charge on any atom is -0.486 e. The molecule has 1 N–H and O–H groups in total. The van der Waals surface area contributed by atoms with Crippen molar-refractivity contribution in [1.82, 2.24) is 25.5 Å². The number of rotatable bonds is 8. The first kappa shape index (κ1) is 17.8. The minimum atomic E-state index is 0.615. The number of nitrogens with one attached hydrogen (secondary N) is 1. The highest BCUT2D eigenvalue weighted by atomic mass is 32.2. The van der Waals surface area contributed by atoms with Gasteiger partial charge >= 0.3 is 0 Å². The third-order valence-corrected chi connectivity index (χ3v) is 5.11. The topological polar surface area (TPSA) is 74.1 Å². The van der Waals surface area contributed by atoms with Crippen LogP contribution in [-0.4, -0.2) is 45.7 Å². The fourth-order valence-corrected chi connectivity index (χ4v) is 3.62. The molecule has 140 valence electrons. The van der Waals surface area contributed by atoms with E-state index in [1.165, 1.54) is 5.56 Å². The fourth-order valence-electron chi connectivity index (χ4n) is 2.79. The molecule has 7 nitrogen and oxygen atoms in total. The second-order valence-corrected chi connectivity index (χ2v) is 7.13. The van der Waals surface area contributed by atoms with E-state index < -0.39 is 0 Å². The molecular formula is C19H21N5O2S. The van der Waals surface area contributed by atoms with E-state index in [4.69, 9.17) is 9.47 Å². The van der Waals surface area contributed by atoms with Crippen LogP contribution < -0.4 is 14.8 Å². The van der Waals surface area contributed by atoms with E-state index in [9.17, 15) is 0 Å². The summed E-state index contributed by atoms with van der Waals surface area (Å²) in [5, 5.41) is 16.3. The van der Waals surface area contributed by atoms with Gasteiger partial charge in [-0.25, -0.2) is 0 Å². The summed E-state index contributed by atoms with van der Waals surface area (Å²) in [4.78, 5) is 0. The van der Waals surface area contributed by atoms with E-state index in [0.29, 0.717) is 13.2 Å². The lowest BCUT2D eigenvalue weighted by molar-refractivity contribution is 0.171. The van der Waals surface area contributed by atoms with E-state index in [-0.39, 0.29) is 0 Å². The van der Waals surface area contributed by atoms with Crippen molar-refractivity contribution < 1.29 is 9.47 Å². The van der Waals surface area contributed by atoms with Gasteiger partial charge in [0.25, 0.3) is 0 Å². The number of benzene rings is 2. The van der Waals surface area contributed by atoms with Crippen molar-refractivity contribution in [2.24, 2.45) is 0 Å². The standard InChI is InChI=1S/C19H21N5O2S/c1-2-5-16(6-3-1)24-19(21-22-23-24)27-12-4-9-20-14-15-7-8-17-18(13-15)26-11-10-25-17/h1-3,5-8,13,20H,4,9-12,14H2. The van der Waals surface area contributed by atoms with E-state index in [1.54, 1.807) is 16.4 Å². The van der Waals surface area contributed by atoms with Crippen LogP contribution in [0, 0.1) is 0 Å². The van der Waals surface area contributed by atoms with Crippen molar-refractivity contribution in [2.45, 2.75) is 18.1 Å². The maximum Gasteiger partial charge on any atom is 0.214 e. The summed E-state index contributed by atoms with van der Waals surface area (Å²) in [5.74, 6) is 2.61. The molecule has 0 fully saturated rings. The number of fused-ring (bicyclic) bond motifs is 1. The van der Waals surface area contributed by atoms with Crippen LogP contribution >= 0.6 is 11.8 Å². The lowest BCUT2D eigenvalue weighted by atomic mass is 10.2. The molecular weight excluding hydrogens is 362 g/mol. The van der Waals surface area contributed by atoms with Crippen molar-refractivity contribution >= 4 is 11.8 Å². The zero-order valence-electron chi connectivity index (χ0n) is 14.9. The van der Waals surface area contributed by atoms with Gasteiger partial charge in [-0.3, -0.25) is 0 Å². The van der Waals surface area contributed by atoms with Crippen LogP contribution in [0.3, 0.4) is 0 Å². The zero-order valence-corrected chi connectivity index (χ0v) is 15.7. The number of nitrogens with zero attached hydrogens (tertiary/aromatic N) is 4. The van der Waals surface area contributed by atoms with E-state index >= 15 is 0 Å². The molecule has 4 rings (SSSR count). The monoisotopic (exact) mass is 383 g/mol. The van der Waals surface area contributed by atoms with E-state index in [0.717, 1.165) is 47.6 Å².